The number of nitrogens with one attached hydrogen (secondary N) is 1. The number of anilines is 1. The molecule has 6 nitrogen and oxygen atoms in total. The van der Waals surface area contributed by atoms with Gasteiger partial charge < -0.3 is 15.2 Å². The number of amides is 1. The predicted molar refractivity (Wildman–Crippen MR) is 126 cm³/mol. The van der Waals surface area contributed by atoms with Crippen molar-refractivity contribution in [3.05, 3.63) is 89.1 Å². The van der Waals surface area contributed by atoms with E-state index in [0.29, 0.717) is 33.2 Å². The zero-order valence-corrected chi connectivity index (χ0v) is 19.0. The minimum atomic E-state index is -3.15. The molecule has 0 spiro atoms. The quantitative estimate of drug-likeness (QED) is 0.339. The van der Waals surface area contributed by atoms with Crippen molar-refractivity contribution >= 4 is 23.2 Å². The average Bonchev–Trinajstić information content (AvgIpc) is 3.25. The maximum absolute atomic E-state index is 14.0. The average molecular weight is 484 g/mol. The van der Waals surface area contributed by atoms with Crippen molar-refractivity contribution < 1.29 is 23.4 Å². The van der Waals surface area contributed by atoms with E-state index in [-0.39, 0.29) is 11.5 Å². The highest BCUT2D eigenvalue weighted by Gasteiger charge is 2.30. The Morgan fingerprint density at radius 2 is 1.79 bits per heavy atom. The number of ether oxygens (including phenoxy) is 1. The number of carbonyl (C=O) groups excluding carboxylic acids is 1. The standard InChI is InChI=1S/C25H20ClF2N3O3/c1-25(27,28)23-14-20(31(30-23)19-6-4-3-5-18(19)26)15-7-9-16(10-8-15)24(33)29-17-11-12-22(34-2)21(32)13-17/h3-14,32H,1-2H3,(H,29,33). The van der Waals surface area contributed by atoms with E-state index in [1.54, 1.807) is 54.6 Å². The minimum absolute atomic E-state index is 0.105. The van der Waals surface area contributed by atoms with Crippen molar-refractivity contribution in [3.63, 3.8) is 0 Å². The molecule has 0 radical (unpaired) electrons. The van der Waals surface area contributed by atoms with Crippen molar-refractivity contribution in [2.24, 2.45) is 0 Å². The van der Waals surface area contributed by atoms with E-state index in [1.165, 1.54) is 30.0 Å². The van der Waals surface area contributed by atoms with E-state index in [1.807, 2.05) is 0 Å². The maximum Gasteiger partial charge on any atom is 0.288 e. The number of alkyl halides is 2. The summed E-state index contributed by atoms with van der Waals surface area (Å²) in [5, 5.41) is 17.0. The lowest BCUT2D eigenvalue weighted by atomic mass is 10.1. The lowest BCUT2D eigenvalue weighted by molar-refractivity contribution is 0.0124. The van der Waals surface area contributed by atoms with Crippen LogP contribution < -0.4 is 10.1 Å². The molecular weight excluding hydrogens is 464 g/mol. The van der Waals surface area contributed by atoms with Crippen molar-refractivity contribution in [2.45, 2.75) is 12.8 Å². The molecular formula is C25H20ClF2N3O3. The Labute approximate surface area is 199 Å². The first-order chi connectivity index (χ1) is 16.2. The first kappa shape index (κ1) is 23.3. The Morgan fingerprint density at radius 1 is 1.09 bits per heavy atom. The van der Waals surface area contributed by atoms with E-state index >= 15 is 0 Å². The molecule has 0 atom stereocenters. The highest BCUT2D eigenvalue weighted by Crippen LogP contribution is 2.34. The number of aromatic hydroxyl groups is 1. The third-order valence-electron chi connectivity index (χ3n) is 5.12. The van der Waals surface area contributed by atoms with Gasteiger partial charge in [0.15, 0.2) is 11.5 Å². The molecule has 0 aliphatic rings. The van der Waals surface area contributed by atoms with Crippen LogP contribution in [-0.4, -0.2) is 27.9 Å². The molecule has 0 aliphatic heterocycles. The van der Waals surface area contributed by atoms with Gasteiger partial charge in [-0.2, -0.15) is 13.9 Å². The smallest absolute Gasteiger partial charge is 0.288 e. The number of phenols is 1. The van der Waals surface area contributed by atoms with Gasteiger partial charge in [-0.15, -0.1) is 0 Å². The first-order valence-corrected chi connectivity index (χ1v) is 10.6. The topological polar surface area (TPSA) is 76.4 Å². The largest absolute Gasteiger partial charge is 0.504 e. The highest BCUT2D eigenvalue weighted by molar-refractivity contribution is 6.32. The van der Waals surface area contributed by atoms with Gasteiger partial charge in [0.1, 0.15) is 5.69 Å². The molecule has 0 saturated heterocycles. The van der Waals surface area contributed by atoms with Crippen LogP contribution in [0.5, 0.6) is 11.5 Å². The Kier molecular flexibility index (Phi) is 6.26. The number of phenolic OH excluding ortho intramolecular Hbond substituents is 1. The molecule has 0 fully saturated rings. The van der Waals surface area contributed by atoms with Crippen molar-refractivity contribution in [2.75, 3.05) is 12.4 Å². The number of halogens is 3. The van der Waals surface area contributed by atoms with Crippen LogP contribution in [0.1, 0.15) is 23.0 Å². The third kappa shape index (κ3) is 4.72. The Bertz CT molecular complexity index is 1350. The number of hydrogen-bond acceptors (Lipinski definition) is 4. The lowest BCUT2D eigenvalue weighted by Crippen LogP contribution is -2.11. The summed E-state index contributed by atoms with van der Waals surface area (Å²) in [6.45, 7) is 0.778. The minimum Gasteiger partial charge on any atom is -0.504 e. The first-order valence-electron chi connectivity index (χ1n) is 10.2. The molecule has 0 bridgehead atoms. The molecule has 9 heteroatoms. The number of methoxy groups -OCH3 is 1. The second-order valence-corrected chi connectivity index (χ2v) is 7.99. The van der Waals surface area contributed by atoms with Crippen LogP contribution in [0.2, 0.25) is 5.02 Å². The van der Waals surface area contributed by atoms with Crippen LogP contribution >= 0.6 is 11.6 Å². The van der Waals surface area contributed by atoms with Crippen LogP contribution in [0.3, 0.4) is 0 Å². The zero-order chi connectivity index (χ0) is 24.5. The van der Waals surface area contributed by atoms with Crippen LogP contribution in [-0.2, 0) is 5.92 Å². The molecule has 1 amide bonds. The fraction of sp³-hybridized carbons (Fsp3) is 0.120. The van der Waals surface area contributed by atoms with Gasteiger partial charge in [-0.3, -0.25) is 4.79 Å². The van der Waals surface area contributed by atoms with Crippen molar-refractivity contribution in [3.8, 4) is 28.4 Å². The van der Waals surface area contributed by atoms with Gasteiger partial charge in [-0.1, -0.05) is 35.9 Å². The molecule has 1 aromatic heterocycles. The number of hydrogen-bond donors (Lipinski definition) is 2. The van der Waals surface area contributed by atoms with Crippen molar-refractivity contribution in [1.29, 1.82) is 0 Å². The molecule has 0 aliphatic carbocycles. The normalized spacial score (nSPS) is 11.3. The number of para-hydroxylation sites is 1. The molecule has 0 unspecified atom stereocenters. The fourth-order valence-electron chi connectivity index (χ4n) is 3.37. The zero-order valence-electron chi connectivity index (χ0n) is 18.2. The lowest BCUT2D eigenvalue weighted by Gasteiger charge is -2.11. The van der Waals surface area contributed by atoms with Gasteiger partial charge in [0.2, 0.25) is 0 Å². The summed E-state index contributed by atoms with van der Waals surface area (Å²) in [5.74, 6) is -3.37. The third-order valence-corrected chi connectivity index (χ3v) is 5.44. The van der Waals surface area contributed by atoms with Gasteiger partial charge in [0.05, 0.1) is 23.5 Å². The summed E-state index contributed by atoms with van der Waals surface area (Å²) in [6.07, 6.45) is 0. The van der Waals surface area contributed by atoms with Gasteiger partial charge >= 0.3 is 0 Å². The second kappa shape index (κ2) is 9.15. The van der Waals surface area contributed by atoms with Crippen LogP contribution in [0.15, 0.2) is 72.8 Å². The van der Waals surface area contributed by atoms with Gasteiger partial charge in [0, 0.05) is 29.8 Å². The number of carbonyl (C=O) groups is 1. The van der Waals surface area contributed by atoms with E-state index < -0.39 is 17.5 Å². The summed E-state index contributed by atoms with van der Waals surface area (Å²) in [4.78, 5) is 12.6. The summed E-state index contributed by atoms with van der Waals surface area (Å²) in [5.41, 5.74) is 1.75. The molecule has 4 rings (SSSR count). The maximum atomic E-state index is 14.0. The predicted octanol–water partition coefficient (Wildman–Crippen LogP) is 6.27. The van der Waals surface area contributed by atoms with Crippen LogP contribution in [0.4, 0.5) is 14.5 Å². The summed E-state index contributed by atoms with van der Waals surface area (Å²) in [6, 6.07) is 19.0. The summed E-state index contributed by atoms with van der Waals surface area (Å²) in [7, 11) is 1.43. The Balaban J connectivity index is 1.65. The Morgan fingerprint density at radius 3 is 2.41 bits per heavy atom. The van der Waals surface area contributed by atoms with Crippen molar-refractivity contribution in [1.82, 2.24) is 9.78 Å². The number of aromatic nitrogens is 2. The molecule has 34 heavy (non-hydrogen) atoms. The number of benzene rings is 3. The molecule has 3 aromatic carbocycles. The monoisotopic (exact) mass is 483 g/mol. The molecule has 4 aromatic rings. The van der Waals surface area contributed by atoms with Gasteiger partial charge in [-0.05, 0) is 42.5 Å². The molecule has 1 heterocycles. The second-order valence-electron chi connectivity index (χ2n) is 7.58. The Hall–Kier alpha value is -3.91. The SMILES string of the molecule is COc1ccc(NC(=O)c2ccc(-c3cc(C(C)(F)F)nn3-c3ccccc3Cl)cc2)cc1O. The van der Waals surface area contributed by atoms with E-state index in [4.69, 9.17) is 16.3 Å². The fourth-order valence-corrected chi connectivity index (χ4v) is 3.59. The van der Waals surface area contributed by atoms with E-state index in [0.717, 1.165) is 6.92 Å². The highest BCUT2D eigenvalue weighted by atomic mass is 35.5. The van der Waals surface area contributed by atoms with Crippen LogP contribution in [0, 0.1) is 0 Å². The van der Waals surface area contributed by atoms with Gasteiger partial charge in [-0.25, -0.2) is 4.68 Å². The molecule has 0 saturated carbocycles. The number of nitrogens with zero attached hydrogens (tertiary/aromatic N) is 2. The van der Waals surface area contributed by atoms with E-state index in [2.05, 4.69) is 10.4 Å². The summed E-state index contributed by atoms with van der Waals surface area (Å²) >= 11 is 6.29. The van der Waals surface area contributed by atoms with E-state index in [9.17, 15) is 18.7 Å². The number of rotatable bonds is 6. The molecule has 174 valence electrons. The molecule has 2 N–H and O–H groups in total. The summed E-state index contributed by atoms with van der Waals surface area (Å²) < 4.78 is 34.4. The van der Waals surface area contributed by atoms with Crippen LogP contribution in [0.25, 0.3) is 16.9 Å². The van der Waals surface area contributed by atoms with Gasteiger partial charge in [0.25, 0.3) is 11.8 Å².